The summed E-state index contributed by atoms with van der Waals surface area (Å²) in [6.45, 7) is 8.76. The molecule has 0 spiro atoms. The summed E-state index contributed by atoms with van der Waals surface area (Å²) >= 11 is 0. The Morgan fingerprint density at radius 1 is 1.41 bits per heavy atom. The average molecular weight is 236 g/mol. The molecule has 0 amide bonds. The normalized spacial score (nSPS) is 18.8. The van der Waals surface area contributed by atoms with E-state index in [4.69, 9.17) is 0 Å². The average Bonchev–Trinajstić information content (AvgIpc) is 2.61. The maximum Gasteiger partial charge on any atom is 0.0597 e. The van der Waals surface area contributed by atoms with Gasteiger partial charge in [-0.3, -0.25) is 9.58 Å². The third kappa shape index (κ3) is 3.30. The van der Waals surface area contributed by atoms with Gasteiger partial charge in [-0.05, 0) is 32.4 Å². The Balaban J connectivity index is 1.84. The Bertz CT molecular complexity index is 350. The number of aryl methyl sites for hydroxylation is 2. The van der Waals surface area contributed by atoms with Crippen molar-refractivity contribution in [3.8, 4) is 0 Å². The SMILES string of the molecule is CCNC1CCN(Cc2cc(C)nn2C)CC1. The second-order valence-electron chi connectivity index (χ2n) is 5.01. The molecule has 1 N–H and O–H groups in total. The molecule has 0 bridgehead atoms. The lowest BCUT2D eigenvalue weighted by atomic mass is 10.0. The van der Waals surface area contributed by atoms with Gasteiger partial charge in [0, 0.05) is 32.7 Å². The lowest BCUT2D eigenvalue weighted by molar-refractivity contribution is 0.188. The number of rotatable bonds is 4. The maximum atomic E-state index is 4.40. The Morgan fingerprint density at radius 2 is 2.12 bits per heavy atom. The summed E-state index contributed by atoms with van der Waals surface area (Å²) in [6, 6.07) is 2.92. The van der Waals surface area contributed by atoms with Crippen LogP contribution in [0.1, 0.15) is 31.2 Å². The molecule has 0 radical (unpaired) electrons. The molecule has 0 aliphatic carbocycles. The highest BCUT2D eigenvalue weighted by atomic mass is 15.3. The topological polar surface area (TPSA) is 33.1 Å². The molecule has 0 atom stereocenters. The molecule has 1 fully saturated rings. The molecule has 2 heterocycles. The Kier molecular flexibility index (Phi) is 4.18. The zero-order chi connectivity index (χ0) is 12.3. The molecular formula is C13H24N4. The quantitative estimate of drug-likeness (QED) is 0.855. The summed E-state index contributed by atoms with van der Waals surface area (Å²) < 4.78 is 2.01. The molecule has 4 nitrogen and oxygen atoms in total. The second kappa shape index (κ2) is 5.65. The van der Waals surface area contributed by atoms with Crippen molar-refractivity contribution >= 4 is 0 Å². The van der Waals surface area contributed by atoms with E-state index in [9.17, 15) is 0 Å². The summed E-state index contributed by atoms with van der Waals surface area (Å²) in [5.74, 6) is 0. The minimum Gasteiger partial charge on any atom is -0.314 e. The van der Waals surface area contributed by atoms with Gasteiger partial charge in [-0.15, -0.1) is 0 Å². The van der Waals surface area contributed by atoms with Gasteiger partial charge in [0.2, 0.25) is 0 Å². The Morgan fingerprint density at radius 3 is 2.65 bits per heavy atom. The van der Waals surface area contributed by atoms with Gasteiger partial charge in [-0.2, -0.15) is 5.10 Å². The van der Waals surface area contributed by atoms with Crippen LogP contribution in [-0.2, 0) is 13.6 Å². The second-order valence-corrected chi connectivity index (χ2v) is 5.01. The number of nitrogens with zero attached hydrogens (tertiary/aromatic N) is 3. The van der Waals surface area contributed by atoms with Gasteiger partial charge < -0.3 is 5.32 Å². The van der Waals surface area contributed by atoms with E-state index in [0.29, 0.717) is 0 Å². The lowest BCUT2D eigenvalue weighted by Crippen LogP contribution is -2.42. The number of nitrogens with one attached hydrogen (secondary N) is 1. The molecule has 1 aromatic rings. The Hall–Kier alpha value is -0.870. The van der Waals surface area contributed by atoms with E-state index in [1.54, 1.807) is 0 Å². The van der Waals surface area contributed by atoms with Crippen molar-refractivity contribution in [1.82, 2.24) is 20.0 Å². The fourth-order valence-electron chi connectivity index (χ4n) is 2.63. The van der Waals surface area contributed by atoms with Crippen LogP contribution in [0.4, 0.5) is 0 Å². The highest BCUT2D eigenvalue weighted by Crippen LogP contribution is 2.14. The number of likely N-dealkylation sites (tertiary alicyclic amines) is 1. The molecule has 96 valence electrons. The summed E-state index contributed by atoms with van der Waals surface area (Å²) in [6.07, 6.45) is 2.54. The smallest absolute Gasteiger partial charge is 0.0597 e. The van der Waals surface area contributed by atoms with Crippen molar-refractivity contribution in [3.63, 3.8) is 0 Å². The summed E-state index contributed by atoms with van der Waals surface area (Å²) in [5.41, 5.74) is 2.44. The molecule has 0 saturated carbocycles. The molecule has 1 saturated heterocycles. The largest absolute Gasteiger partial charge is 0.314 e. The van der Waals surface area contributed by atoms with Crippen LogP contribution in [0.15, 0.2) is 6.07 Å². The van der Waals surface area contributed by atoms with E-state index in [1.165, 1.54) is 31.6 Å². The number of hydrogen-bond donors (Lipinski definition) is 1. The lowest BCUT2D eigenvalue weighted by Gasteiger charge is -2.32. The maximum absolute atomic E-state index is 4.40. The van der Waals surface area contributed by atoms with Gasteiger partial charge in [-0.25, -0.2) is 0 Å². The molecule has 1 aliphatic heterocycles. The van der Waals surface area contributed by atoms with E-state index in [2.05, 4.69) is 35.2 Å². The molecule has 17 heavy (non-hydrogen) atoms. The van der Waals surface area contributed by atoms with Crippen LogP contribution in [0.5, 0.6) is 0 Å². The first-order chi connectivity index (χ1) is 8.19. The summed E-state index contributed by atoms with van der Waals surface area (Å²) in [4.78, 5) is 2.53. The highest BCUT2D eigenvalue weighted by Gasteiger charge is 2.19. The van der Waals surface area contributed by atoms with Crippen LogP contribution in [-0.4, -0.2) is 40.4 Å². The Labute approximate surface area is 104 Å². The predicted molar refractivity (Wildman–Crippen MR) is 69.9 cm³/mol. The van der Waals surface area contributed by atoms with Crippen LogP contribution in [0, 0.1) is 6.92 Å². The van der Waals surface area contributed by atoms with Crippen molar-refractivity contribution in [1.29, 1.82) is 0 Å². The number of hydrogen-bond acceptors (Lipinski definition) is 3. The van der Waals surface area contributed by atoms with Gasteiger partial charge in [-0.1, -0.05) is 6.92 Å². The van der Waals surface area contributed by atoms with Crippen molar-refractivity contribution < 1.29 is 0 Å². The number of piperidine rings is 1. The first-order valence-electron chi connectivity index (χ1n) is 6.64. The molecule has 0 unspecified atom stereocenters. The van der Waals surface area contributed by atoms with Gasteiger partial charge in [0.05, 0.1) is 11.4 Å². The van der Waals surface area contributed by atoms with E-state index in [-0.39, 0.29) is 0 Å². The summed E-state index contributed by atoms with van der Waals surface area (Å²) in [5, 5.41) is 7.94. The van der Waals surface area contributed by atoms with Gasteiger partial charge in [0.1, 0.15) is 0 Å². The van der Waals surface area contributed by atoms with E-state index in [1.807, 2.05) is 11.7 Å². The van der Waals surface area contributed by atoms with Crippen LogP contribution < -0.4 is 5.32 Å². The van der Waals surface area contributed by atoms with Crippen LogP contribution >= 0.6 is 0 Å². The predicted octanol–water partition coefficient (Wildman–Crippen LogP) is 1.30. The summed E-state index contributed by atoms with van der Waals surface area (Å²) in [7, 11) is 2.04. The first-order valence-corrected chi connectivity index (χ1v) is 6.64. The standard InChI is InChI=1S/C13H24N4/c1-4-14-12-5-7-17(8-6-12)10-13-9-11(2)15-16(13)3/h9,12,14H,4-8,10H2,1-3H3. The third-order valence-corrected chi connectivity index (χ3v) is 3.56. The minimum absolute atomic E-state index is 0.726. The van der Waals surface area contributed by atoms with Crippen molar-refractivity contribution in [2.45, 2.75) is 39.3 Å². The minimum atomic E-state index is 0.726. The fourth-order valence-corrected chi connectivity index (χ4v) is 2.63. The molecular weight excluding hydrogens is 212 g/mol. The molecule has 1 aromatic heterocycles. The first kappa shape index (κ1) is 12.6. The molecule has 1 aliphatic rings. The van der Waals surface area contributed by atoms with E-state index < -0.39 is 0 Å². The zero-order valence-electron chi connectivity index (χ0n) is 11.2. The van der Waals surface area contributed by atoms with Crippen molar-refractivity contribution in [2.24, 2.45) is 7.05 Å². The van der Waals surface area contributed by atoms with Crippen LogP contribution in [0.3, 0.4) is 0 Å². The number of aromatic nitrogens is 2. The van der Waals surface area contributed by atoms with Gasteiger partial charge in [0.25, 0.3) is 0 Å². The molecule has 2 rings (SSSR count). The van der Waals surface area contributed by atoms with Crippen molar-refractivity contribution in [2.75, 3.05) is 19.6 Å². The van der Waals surface area contributed by atoms with E-state index in [0.717, 1.165) is 24.8 Å². The monoisotopic (exact) mass is 236 g/mol. The zero-order valence-corrected chi connectivity index (χ0v) is 11.2. The van der Waals surface area contributed by atoms with Crippen LogP contribution in [0.2, 0.25) is 0 Å². The molecule has 0 aromatic carbocycles. The van der Waals surface area contributed by atoms with Gasteiger partial charge in [0.15, 0.2) is 0 Å². The van der Waals surface area contributed by atoms with Crippen molar-refractivity contribution in [3.05, 3.63) is 17.5 Å². The highest BCUT2D eigenvalue weighted by molar-refractivity contribution is 5.08. The third-order valence-electron chi connectivity index (χ3n) is 3.56. The van der Waals surface area contributed by atoms with Gasteiger partial charge >= 0.3 is 0 Å². The van der Waals surface area contributed by atoms with E-state index >= 15 is 0 Å². The van der Waals surface area contributed by atoms with Crippen LogP contribution in [0.25, 0.3) is 0 Å². The molecule has 4 heteroatoms. The fraction of sp³-hybridized carbons (Fsp3) is 0.769.